The number of benzene rings is 2. The molecule has 0 bridgehead atoms. The summed E-state index contributed by atoms with van der Waals surface area (Å²) in [6.07, 6.45) is 1.27. The van der Waals surface area contributed by atoms with E-state index in [1.165, 1.54) is 18.7 Å². The predicted octanol–water partition coefficient (Wildman–Crippen LogP) is 8.03. The molecule has 1 aliphatic carbocycles. The lowest BCUT2D eigenvalue weighted by Gasteiger charge is -2.23. The maximum Gasteiger partial charge on any atom is 0.413 e. The first-order valence-corrected chi connectivity index (χ1v) is 14.7. The molecule has 45 heavy (non-hydrogen) atoms. The van der Waals surface area contributed by atoms with E-state index in [1.54, 1.807) is 12.3 Å². The van der Waals surface area contributed by atoms with Crippen LogP contribution in [0.5, 0.6) is 0 Å². The van der Waals surface area contributed by atoms with Gasteiger partial charge in [-0.15, -0.1) is 5.10 Å². The molecule has 0 aliphatic heterocycles. The van der Waals surface area contributed by atoms with Gasteiger partial charge in [0, 0.05) is 29.4 Å². The van der Waals surface area contributed by atoms with Gasteiger partial charge in [0.2, 0.25) is 5.89 Å². The van der Waals surface area contributed by atoms with Crippen molar-refractivity contribution in [3.63, 3.8) is 0 Å². The van der Waals surface area contributed by atoms with Gasteiger partial charge in [-0.1, -0.05) is 49.7 Å². The first kappa shape index (κ1) is 30.4. The molecule has 1 fully saturated rings. The quantitative estimate of drug-likeness (QED) is 0.176. The molecule has 2 aromatic carbocycles. The lowest BCUT2D eigenvalue weighted by molar-refractivity contribution is -0.182. The third kappa shape index (κ3) is 5.68. The lowest BCUT2D eigenvalue weighted by Crippen LogP contribution is -2.35. The number of anilines is 2. The van der Waals surface area contributed by atoms with Crippen LogP contribution in [-0.2, 0) is 5.54 Å². The Bertz CT molecular complexity index is 1920. The number of fused-ring (bicyclic) bond motifs is 1. The molecular weight excluding hydrogens is 605 g/mol. The van der Waals surface area contributed by atoms with E-state index < -0.39 is 17.8 Å². The summed E-state index contributed by atoms with van der Waals surface area (Å²) in [5.74, 6) is 0.407. The Morgan fingerprint density at radius 3 is 2.60 bits per heavy atom. The van der Waals surface area contributed by atoms with E-state index in [1.807, 2.05) is 31.2 Å². The Hall–Kier alpha value is -4.63. The Morgan fingerprint density at radius 2 is 1.96 bits per heavy atom. The number of aromatic nitrogens is 5. The van der Waals surface area contributed by atoms with Gasteiger partial charge >= 0.3 is 6.18 Å². The maximum atomic E-state index is 14.0. The monoisotopic (exact) mass is 634 g/mol. The molecule has 1 saturated carbocycles. The van der Waals surface area contributed by atoms with Crippen molar-refractivity contribution < 1.29 is 17.6 Å². The van der Waals surface area contributed by atoms with E-state index in [-0.39, 0.29) is 24.0 Å². The lowest BCUT2D eigenvalue weighted by atomic mass is 9.94. The van der Waals surface area contributed by atoms with Gasteiger partial charge in [0.25, 0.3) is 0 Å². The average molecular weight is 635 g/mol. The number of oxazole rings is 1. The third-order valence-electron chi connectivity index (χ3n) is 8.00. The molecule has 0 radical (unpaired) electrons. The van der Waals surface area contributed by atoms with E-state index in [0.717, 1.165) is 21.4 Å². The van der Waals surface area contributed by atoms with Crippen LogP contribution in [0.4, 0.5) is 24.5 Å². The Balaban J connectivity index is 1.48. The van der Waals surface area contributed by atoms with Gasteiger partial charge in [0.15, 0.2) is 5.54 Å². The van der Waals surface area contributed by atoms with Crippen molar-refractivity contribution in [3.8, 4) is 17.5 Å². The normalized spacial score (nSPS) is 15.1. The minimum Gasteiger partial charge on any atom is -0.445 e. The van der Waals surface area contributed by atoms with Crippen LogP contribution in [0, 0.1) is 23.7 Å². The van der Waals surface area contributed by atoms with Crippen LogP contribution < -0.4 is 10.6 Å². The topological polar surface area (TPSA) is 117 Å². The Morgan fingerprint density at radius 1 is 1.18 bits per heavy atom. The van der Waals surface area contributed by atoms with Crippen LogP contribution >= 0.6 is 11.6 Å². The van der Waals surface area contributed by atoms with Gasteiger partial charge in [0.1, 0.15) is 18.0 Å². The molecular formula is C32H30ClF3N8O. The number of hydrogen-bond acceptors (Lipinski definition) is 8. The van der Waals surface area contributed by atoms with Crippen LogP contribution in [0.2, 0.25) is 5.02 Å². The van der Waals surface area contributed by atoms with E-state index in [2.05, 4.69) is 57.8 Å². The zero-order chi connectivity index (χ0) is 32.1. The largest absolute Gasteiger partial charge is 0.445 e. The fourth-order valence-electron chi connectivity index (χ4n) is 5.38. The fourth-order valence-corrected chi connectivity index (χ4v) is 5.65. The summed E-state index contributed by atoms with van der Waals surface area (Å²) in [5.41, 5.74) is 2.37. The van der Waals surface area contributed by atoms with Crippen LogP contribution in [0.15, 0.2) is 59.6 Å². The summed E-state index contributed by atoms with van der Waals surface area (Å²) >= 11 is 6.75. The van der Waals surface area contributed by atoms with Gasteiger partial charge < -0.3 is 15.1 Å². The van der Waals surface area contributed by atoms with Gasteiger partial charge in [-0.2, -0.15) is 18.4 Å². The smallest absolute Gasteiger partial charge is 0.413 e. The minimum atomic E-state index is -4.46. The second-order valence-electron chi connectivity index (χ2n) is 12.5. The van der Waals surface area contributed by atoms with Crippen molar-refractivity contribution in [3.05, 3.63) is 82.6 Å². The summed E-state index contributed by atoms with van der Waals surface area (Å²) in [4.78, 5) is 8.72. The van der Waals surface area contributed by atoms with Crippen molar-refractivity contribution in [2.24, 2.45) is 5.41 Å². The fraction of sp³-hybridized carbons (Fsp3) is 0.344. The van der Waals surface area contributed by atoms with E-state index in [0.29, 0.717) is 45.3 Å². The molecule has 1 unspecified atom stereocenters. The van der Waals surface area contributed by atoms with Gasteiger partial charge in [-0.25, -0.2) is 9.67 Å². The summed E-state index contributed by atoms with van der Waals surface area (Å²) in [6, 6.07) is 10.5. The highest BCUT2D eigenvalue weighted by Crippen LogP contribution is 2.55. The highest BCUT2D eigenvalue weighted by Gasteiger charge is 2.66. The first-order valence-electron chi connectivity index (χ1n) is 14.3. The van der Waals surface area contributed by atoms with Crippen LogP contribution in [0.1, 0.15) is 62.0 Å². The van der Waals surface area contributed by atoms with Crippen molar-refractivity contribution in [1.82, 2.24) is 25.0 Å². The molecule has 0 saturated heterocycles. The summed E-state index contributed by atoms with van der Waals surface area (Å²) in [6.45, 7) is 8.69. The number of nitrogens with zero attached hydrogens (tertiary/aromatic N) is 6. The molecule has 9 nitrogen and oxygen atoms in total. The van der Waals surface area contributed by atoms with Crippen LogP contribution in [0.3, 0.4) is 0 Å². The predicted molar refractivity (Wildman–Crippen MR) is 165 cm³/mol. The average Bonchev–Trinajstić information content (AvgIpc) is 3.38. The van der Waals surface area contributed by atoms with Crippen molar-refractivity contribution in [2.75, 3.05) is 17.2 Å². The SMILES string of the molecule is Cc1c(-c2ncco2)cccc1C(Nc1cc(Cl)c2ncc(C#N)c(NCC(C)(C)C)c2c1)c1cn(C2(C(F)(F)F)CC2)nn1. The Labute approximate surface area is 262 Å². The molecule has 0 spiro atoms. The van der Waals surface area contributed by atoms with E-state index >= 15 is 0 Å². The minimum absolute atomic E-state index is 0.0606. The number of pyridine rings is 1. The molecule has 1 atom stereocenters. The number of halogens is 4. The number of rotatable bonds is 8. The zero-order valence-electron chi connectivity index (χ0n) is 25.0. The molecule has 0 amide bonds. The zero-order valence-corrected chi connectivity index (χ0v) is 25.8. The Kier molecular flexibility index (Phi) is 7.48. The standard InChI is InChI=1S/C32H30ClF3N8O/c1-18-21(6-5-7-22(18)29-38-10-11-45-29)28(25-16-44(43-42-25)31(8-9-31)32(34,35)36)41-20-12-23-26(40-17-30(2,3)4)19(14-37)15-39-27(23)24(33)13-20/h5-7,10-13,15-16,28,41H,8-9,17H2,1-4H3,(H,39,40). The third-order valence-corrected chi connectivity index (χ3v) is 8.29. The molecule has 13 heteroatoms. The molecule has 2 N–H and O–H groups in total. The molecule has 3 aromatic heterocycles. The van der Waals surface area contributed by atoms with E-state index in [9.17, 15) is 18.4 Å². The van der Waals surface area contributed by atoms with Gasteiger partial charge in [-0.3, -0.25) is 4.98 Å². The molecule has 3 heterocycles. The van der Waals surface area contributed by atoms with E-state index in [4.69, 9.17) is 16.0 Å². The second kappa shape index (κ2) is 11.1. The summed E-state index contributed by atoms with van der Waals surface area (Å²) < 4.78 is 48.5. The summed E-state index contributed by atoms with van der Waals surface area (Å²) in [5, 5.41) is 25.9. The van der Waals surface area contributed by atoms with Gasteiger partial charge in [0.05, 0.1) is 40.2 Å². The maximum absolute atomic E-state index is 14.0. The molecule has 5 aromatic rings. The van der Waals surface area contributed by atoms with Crippen molar-refractivity contribution in [2.45, 2.75) is 58.3 Å². The van der Waals surface area contributed by atoms with Gasteiger partial charge in [-0.05, 0) is 54.5 Å². The highest BCUT2D eigenvalue weighted by atomic mass is 35.5. The highest BCUT2D eigenvalue weighted by molar-refractivity contribution is 6.35. The number of hydrogen-bond donors (Lipinski definition) is 2. The van der Waals surface area contributed by atoms with Crippen LogP contribution in [0.25, 0.3) is 22.4 Å². The molecule has 6 rings (SSSR count). The second-order valence-corrected chi connectivity index (χ2v) is 12.9. The number of alkyl halides is 3. The first-order chi connectivity index (χ1) is 21.3. The van der Waals surface area contributed by atoms with Crippen molar-refractivity contribution >= 4 is 33.9 Å². The van der Waals surface area contributed by atoms with Crippen LogP contribution in [-0.4, -0.2) is 37.7 Å². The summed E-state index contributed by atoms with van der Waals surface area (Å²) in [7, 11) is 0. The number of nitrogens with one attached hydrogen (secondary N) is 2. The van der Waals surface area contributed by atoms with Crippen molar-refractivity contribution in [1.29, 1.82) is 5.26 Å². The molecule has 1 aliphatic rings. The number of nitriles is 1. The molecule has 232 valence electrons.